The van der Waals surface area contributed by atoms with Crippen molar-refractivity contribution in [2.45, 2.75) is 55.4 Å². The lowest BCUT2D eigenvalue weighted by atomic mass is 9.58. The summed E-state index contributed by atoms with van der Waals surface area (Å²) in [7, 11) is 1.61. The summed E-state index contributed by atoms with van der Waals surface area (Å²) >= 11 is 0. The van der Waals surface area contributed by atoms with Crippen molar-refractivity contribution in [2.24, 2.45) is 11.8 Å². The van der Waals surface area contributed by atoms with Gasteiger partial charge in [0.1, 0.15) is 5.78 Å². The number of ether oxygens (including phenoxy) is 1. The molecule has 4 nitrogen and oxygen atoms in total. The lowest BCUT2D eigenvalue weighted by Gasteiger charge is -2.59. The van der Waals surface area contributed by atoms with Crippen LogP contribution in [0.5, 0.6) is 11.5 Å². The number of likely N-dealkylation sites (tertiary alicyclic amines) is 1. The third kappa shape index (κ3) is 1.57. The number of rotatable bonds is 3. The summed E-state index contributed by atoms with van der Waals surface area (Å²) in [6.07, 6.45) is 6.15. The SMILES string of the molecule is COc1ccc2c(c1O)[C@]13CC(=O)CCC1C1N(CC4CC4)CC21C3. The van der Waals surface area contributed by atoms with Gasteiger partial charge < -0.3 is 9.84 Å². The fourth-order valence-electron chi connectivity index (χ4n) is 7.14. The summed E-state index contributed by atoms with van der Waals surface area (Å²) in [5.74, 6) is 2.65. The standard InChI is InChI=1S/C21H25NO3/c1-25-16-7-6-14-17(18(16)24)20-8-13(23)4-5-15(20)19-21(14,10-20)11-22(19)9-12-2-3-12/h6-7,12,15,19,24H,2-5,8-11H2,1H3/t15?,19?,20-,21?/m0/s1. The van der Waals surface area contributed by atoms with E-state index in [9.17, 15) is 9.90 Å². The summed E-state index contributed by atoms with van der Waals surface area (Å²) in [5, 5.41) is 10.9. The summed E-state index contributed by atoms with van der Waals surface area (Å²) < 4.78 is 5.40. The zero-order chi connectivity index (χ0) is 17.0. The first-order valence-corrected chi connectivity index (χ1v) is 9.76. The fourth-order valence-corrected chi connectivity index (χ4v) is 7.14. The van der Waals surface area contributed by atoms with Crippen LogP contribution in [0.4, 0.5) is 0 Å². The van der Waals surface area contributed by atoms with E-state index in [0.29, 0.717) is 35.7 Å². The number of carbonyl (C=O) groups is 1. The molecule has 4 atom stereocenters. The Kier molecular flexibility index (Phi) is 2.57. The molecule has 1 N–H and O–H groups in total. The van der Waals surface area contributed by atoms with Gasteiger partial charge in [-0.2, -0.15) is 0 Å². The van der Waals surface area contributed by atoms with Crippen molar-refractivity contribution < 1.29 is 14.6 Å². The van der Waals surface area contributed by atoms with E-state index in [-0.39, 0.29) is 10.8 Å². The lowest BCUT2D eigenvalue weighted by molar-refractivity contribution is -0.124. The molecule has 1 aliphatic heterocycles. The summed E-state index contributed by atoms with van der Waals surface area (Å²) in [5.41, 5.74) is 2.40. The van der Waals surface area contributed by atoms with Gasteiger partial charge in [-0.3, -0.25) is 9.69 Å². The van der Waals surface area contributed by atoms with Gasteiger partial charge in [-0.1, -0.05) is 6.07 Å². The Labute approximate surface area is 148 Å². The van der Waals surface area contributed by atoms with Crippen LogP contribution >= 0.6 is 0 Å². The average Bonchev–Trinajstić information content (AvgIpc) is 3.30. The average molecular weight is 339 g/mol. The highest BCUT2D eigenvalue weighted by atomic mass is 16.5. The highest BCUT2D eigenvalue weighted by molar-refractivity contribution is 5.83. The van der Waals surface area contributed by atoms with E-state index in [1.807, 2.05) is 6.07 Å². The second kappa shape index (κ2) is 4.40. The molecular formula is C21H25NO3. The van der Waals surface area contributed by atoms with Gasteiger partial charge in [0.15, 0.2) is 11.5 Å². The molecular weight excluding hydrogens is 314 g/mol. The third-order valence-corrected chi connectivity index (χ3v) is 8.00. The van der Waals surface area contributed by atoms with E-state index >= 15 is 0 Å². The van der Waals surface area contributed by atoms with Gasteiger partial charge in [0, 0.05) is 48.4 Å². The number of hydrogen-bond donors (Lipinski definition) is 1. The molecule has 1 aromatic rings. The topological polar surface area (TPSA) is 49.8 Å². The number of nitrogens with zero attached hydrogens (tertiary/aromatic N) is 1. The van der Waals surface area contributed by atoms with Gasteiger partial charge in [0.2, 0.25) is 0 Å². The molecule has 1 saturated heterocycles. The normalized spacial score (nSPS) is 41.1. The molecule has 4 aliphatic carbocycles. The summed E-state index contributed by atoms with van der Waals surface area (Å²) in [6, 6.07) is 4.68. The first kappa shape index (κ1) is 14.6. The first-order valence-electron chi connectivity index (χ1n) is 9.76. The van der Waals surface area contributed by atoms with E-state index in [0.717, 1.165) is 37.3 Å². The molecule has 3 unspecified atom stereocenters. The van der Waals surface area contributed by atoms with Gasteiger partial charge >= 0.3 is 0 Å². The molecule has 1 heterocycles. The molecule has 6 rings (SSSR count). The number of ketones is 1. The Morgan fingerprint density at radius 2 is 2.12 bits per heavy atom. The van der Waals surface area contributed by atoms with Crippen LogP contribution in [-0.2, 0) is 15.6 Å². The zero-order valence-corrected chi connectivity index (χ0v) is 14.8. The molecule has 2 spiro atoms. The number of phenolic OH excluding ortho intramolecular Hbond substituents is 1. The van der Waals surface area contributed by atoms with Crippen molar-refractivity contribution in [3.8, 4) is 11.5 Å². The Morgan fingerprint density at radius 3 is 2.88 bits per heavy atom. The number of Topliss-reactive ketones (excluding diaryl/α,β-unsaturated/α-hetero) is 1. The van der Waals surface area contributed by atoms with Gasteiger partial charge in [-0.15, -0.1) is 0 Å². The maximum Gasteiger partial charge on any atom is 0.161 e. The van der Waals surface area contributed by atoms with Crippen LogP contribution in [0, 0.1) is 11.8 Å². The van der Waals surface area contributed by atoms with Crippen LogP contribution in [0.25, 0.3) is 0 Å². The van der Waals surface area contributed by atoms with Crippen LogP contribution in [0.3, 0.4) is 0 Å². The highest BCUT2D eigenvalue weighted by Gasteiger charge is 2.75. The number of fused-ring (bicyclic) bond motifs is 2. The van der Waals surface area contributed by atoms with E-state index in [1.165, 1.54) is 24.9 Å². The maximum atomic E-state index is 12.4. The summed E-state index contributed by atoms with van der Waals surface area (Å²) in [4.78, 5) is 15.2. The molecule has 0 aromatic heterocycles. The minimum absolute atomic E-state index is 0.147. The second-order valence-electron chi connectivity index (χ2n) is 9.21. The Bertz CT molecular complexity index is 801. The minimum atomic E-state index is -0.147. The van der Waals surface area contributed by atoms with Crippen molar-refractivity contribution in [1.82, 2.24) is 4.90 Å². The van der Waals surface area contributed by atoms with Crippen molar-refractivity contribution in [3.05, 3.63) is 23.3 Å². The zero-order valence-electron chi connectivity index (χ0n) is 14.8. The number of aromatic hydroxyl groups is 1. The van der Waals surface area contributed by atoms with E-state index in [4.69, 9.17) is 4.74 Å². The quantitative estimate of drug-likeness (QED) is 0.920. The van der Waals surface area contributed by atoms with Crippen LogP contribution in [0.1, 0.15) is 49.7 Å². The number of benzene rings is 1. The molecule has 4 fully saturated rings. The van der Waals surface area contributed by atoms with Crippen molar-refractivity contribution in [2.75, 3.05) is 20.2 Å². The molecule has 3 saturated carbocycles. The number of carbonyl (C=O) groups excluding carboxylic acids is 1. The predicted molar refractivity (Wildman–Crippen MR) is 93.1 cm³/mol. The smallest absolute Gasteiger partial charge is 0.161 e. The molecule has 4 heteroatoms. The van der Waals surface area contributed by atoms with Crippen molar-refractivity contribution in [3.63, 3.8) is 0 Å². The van der Waals surface area contributed by atoms with Crippen LogP contribution < -0.4 is 4.74 Å². The molecule has 0 amide bonds. The number of methoxy groups -OCH3 is 1. The van der Waals surface area contributed by atoms with E-state index in [1.54, 1.807) is 7.11 Å². The molecule has 25 heavy (non-hydrogen) atoms. The lowest BCUT2D eigenvalue weighted by Crippen LogP contribution is -2.68. The van der Waals surface area contributed by atoms with Crippen LogP contribution in [0.2, 0.25) is 0 Å². The van der Waals surface area contributed by atoms with E-state index < -0.39 is 0 Å². The minimum Gasteiger partial charge on any atom is -0.504 e. The molecule has 0 radical (unpaired) electrons. The predicted octanol–water partition coefficient (Wildman–Crippen LogP) is 2.76. The molecule has 5 aliphatic rings. The van der Waals surface area contributed by atoms with Gasteiger partial charge in [0.05, 0.1) is 7.11 Å². The maximum absolute atomic E-state index is 12.4. The largest absolute Gasteiger partial charge is 0.504 e. The van der Waals surface area contributed by atoms with Crippen molar-refractivity contribution >= 4 is 5.78 Å². The Morgan fingerprint density at radius 1 is 1.28 bits per heavy atom. The second-order valence-corrected chi connectivity index (χ2v) is 9.21. The highest BCUT2D eigenvalue weighted by Crippen LogP contribution is 2.73. The van der Waals surface area contributed by atoms with Crippen LogP contribution in [0.15, 0.2) is 12.1 Å². The molecule has 1 aromatic carbocycles. The number of phenols is 1. The Balaban J connectivity index is 1.52. The molecule has 132 valence electrons. The molecule has 2 bridgehead atoms. The monoisotopic (exact) mass is 339 g/mol. The van der Waals surface area contributed by atoms with Gasteiger partial charge in [-0.05, 0) is 49.1 Å². The van der Waals surface area contributed by atoms with Gasteiger partial charge in [0.25, 0.3) is 0 Å². The Hall–Kier alpha value is -1.55. The van der Waals surface area contributed by atoms with E-state index in [2.05, 4.69) is 11.0 Å². The first-order chi connectivity index (χ1) is 12.1. The summed E-state index contributed by atoms with van der Waals surface area (Å²) in [6.45, 7) is 2.35. The third-order valence-electron chi connectivity index (χ3n) is 8.00. The van der Waals surface area contributed by atoms with Gasteiger partial charge in [-0.25, -0.2) is 0 Å². The fraction of sp³-hybridized carbons (Fsp3) is 0.667. The van der Waals surface area contributed by atoms with Crippen molar-refractivity contribution in [1.29, 1.82) is 0 Å². The number of hydrogen-bond acceptors (Lipinski definition) is 4. The van der Waals surface area contributed by atoms with Crippen LogP contribution in [-0.4, -0.2) is 42.0 Å².